The van der Waals surface area contributed by atoms with Gasteiger partial charge in [-0.15, -0.1) is 0 Å². The van der Waals surface area contributed by atoms with Crippen molar-refractivity contribution in [1.29, 1.82) is 0 Å². The van der Waals surface area contributed by atoms with E-state index < -0.39 is 10.0 Å². The fourth-order valence-corrected chi connectivity index (χ4v) is 3.80. The van der Waals surface area contributed by atoms with Crippen LogP contribution in [0.1, 0.15) is 30.6 Å². The standard InChI is InChI=1S/C17H21N3O3S/c1-2-20-13-15(12-18-20)17-16(8-10-23-17)19-24(21,22)11-9-14-6-4-3-5-7-14/h3-7,9,11-13,16-17,19H,2,8,10H2,1H3/b11-9+/t16-,17+/m0/s1. The molecule has 24 heavy (non-hydrogen) atoms. The number of aryl methyl sites for hydroxylation is 1. The van der Waals surface area contributed by atoms with Gasteiger partial charge in [0.15, 0.2) is 0 Å². The molecule has 2 heterocycles. The summed E-state index contributed by atoms with van der Waals surface area (Å²) in [5.74, 6) is 0. The van der Waals surface area contributed by atoms with Crippen molar-refractivity contribution in [3.63, 3.8) is 0 Å². The third-order valence-electron chi connectivity index (χ3n) is 3.95. The van der Waals surface area contributed by atoms with Gasteiger partial charge in [-0.2, -0.15) is 5.10 Å². The molecule has 1 aromatic carbocycles. The summed E-state index contributed by atoms with van der Waals surface area (Å²) in [4.78, 5) is 0. The van der Waals surface area contributed by atoms with Gasteiger partial charge in [-0.25, -0.2) is 13.1 Å². The van der Waals surface area contributed by atoms with Crippen LogP contribution in [-0.4, -0.2) is 30.8 Å². The molecule has 0 radical (unpaired) electrons. The maximum absolute atomic E-state index is 12.3. The van der Waals surface area contributed by atoms with E-state index in [0.717, 1.165) is 17.7 Å². The molecule has 0 bridgehead atoms. The Morgan fingerprint density at radius 3 is 2.88 bits per heavy atom. The van der Waals surface area contributed by atoms with E-state index in [2.05, 4.69) is 9.82 Å². The van der Waals surface area contributed by atoms with Crippen LogP contribution in [0.5, 0.6) is 0 Å². The van der Waals surface area contributed by atoms with Crippen LogP contribution in [0.15, 0.2) is 48.1 Å². The lowest BCUT2D eigenvalue weighted by molar-refractivity contribution is 0.102. The third kappa shape index (κ3) is 4.11. The number of hydrogen-bond donors (Lipinski definition) is 1. The molecule has 2 aromatic rings. The molecule has 128 valence electrons. The van der Waals surface area contributed by atoms with Gasteiger partial charge in [0.1, 0.15) is 6.10 Å². The highest BCUT2D eigenvalue weighted by molar-refractivity contribution is 7.92. The van der Waals surface area contributed by atoms with Crippen LogP contribution < -0.4 is 4.72 Å². The molecular formula is C17H21N3O3S. The Balaban J connectivity index is 1.70. The zero-order valence-corrected chi connectivity index (χ0v) is 14.3. The van der Waals surface area contributed by atoms with Crippen molar-refractivity contribution in [3.05, 3.63) is 59.3 Å². The summed E-state index contributed by atoms with van der Waals surface area (Å²) < 4.78 is 34.9. The van der Waals surface area contributed by atoms with E-state index in [1.807, 2.05) is 43.5 Å². The van der Waals surface area contributed by atoms with Gasteiger partial charge in [0, 0.05) is 30.3 Å². The Labute approximate surface area is 142 Å². The van der Waals surface area contributed by atoms with Crippen molar-refractivity contribution < 1.29 is 13.2 Å². The summed E-state index contributed by atoms with van der Waals surface area (Å²) >= 11 is 0. The summed E-state index contributed by atoms with van der Waals surface area (Å²) in [6.45, 7) is 3.29. The zero-order valence-electron chi connectivity index (χ0n) is 13.5. The Kier molecular flexibility index (Phi) is 5.13. The van der Waals surface area contributed by atoms with Crippen molar-refractivity contribution >= 4 is 16.1 Å². The molecule has 7 heteroatoms. The van der Waals surface area contributed by atoms with Gasteiger partial charge >= 0.3 is 0 Å². The monoisotopic (exact) mass is 347 g/mol. The number of aromatic nitrogens is 2. The summed E-state index contributed by atoms with van der Waals surface area (Å²) in [6.07, 6.45) is 5.56. The van der Waals surface area contributed by atoms with E-state index in [0.29, 0.717) is 13.0 Å². The molecule has 0 saturated carbocycles. The number of ether oxygens (including phenoxy) is 1. The Morgan fingerprint density at radius 1 is 1.38 bits per heavy atom. The highest BCUT2D eigenvalue weighted by atomic mass is 32.2. The summed E-state index contributed by atoms with van der Waals surface area (Å²) in [7, 11) is -3.54. The topological polar surface area (TPSA) is 73.2 Å². The lowest BCUT2D eigenvalue weighted by Crippen LogP contribution is -2.35. The molecule has 0 unspecified atom stereocenters. The van der Waals surface area contributed by atoms with Crippen molar-refractivity contribution in [2.24, 2.45) is 0 Å². The molecule has 0 aliphatic carbocycles. The largest absolute Gasteiger partial charge is 0.372 e. The van der Waals surface area contributed by atoms with Gasteiger partial charge in [-0.05, 0) is 25.0 Å². The Morgan fingerprint density at radius 2 is 2.17 bits per heavy atom. The van der Waals surface area contributed by atoms with Gasteiger partial charge in [-0.1, -0.05) is 30.3 Å². The van der Waals surface area contributed by atoms with Crippen molar-refractivity contribution in [1.82, 2.24) is 14.5 Å². The molecule has 2 atom stereocenters. The molecule has 6 nitrogen and oxygen atoms in total. The van der Waals surface area contributed by atoms with Crippen molar-refractivity contribution in [2.45, 2.75) is 32.0 Å². The predicted octanol–water partition coefficient (Wildman–Crippen LogP) is 2.32. The number of nitrogens with one attached hydrogen (secondary N) is 1. The number of rotatable bonds is 6. The molecule has 1 N–H and O–H groups in total. The normalized spacial score (nSPS) is 21.5. The van der Waals surface area contributed by atoms with E-state index in [1.165, 1.54) is 5.41 Å². The fourth-order valence-electron chi connectivity index (χ4n) is 2.72. The van der Waals surface area contributed by atoms with Crippen LogP contribution in [0.25, 0.3) is 6.08 Å². The van der Waals surface area contributed by atoms with Crippen LogP contribution in [0, 0.1) is 0 Å². The molecule has 0 amide bonds. The predicted molar refractivity (Wildman–Crippen MR) is 92.5 cm³/mol. The average molecular weight is 347 g/mol. The molecule has 3 rings (SSSR count). The first-order chi connectivity index (χ1) is 11.6. The minimum atomic E-state index is -3.54. The van der Waals surface area contributed by atoms with Crippen molar-refractivity contribution in [3.8, 4) is 0 Å². The number of benzene rings is 1. The van der Waals surface area contributed by atoms with Gasteiger partial charge in [0.05, 0.1) is 12.2 Å². The molecule has 1 saturated heterocycles. The Bertz CT molecular complexity index is 799. The zero-order chi connectivity index (χ0) is 17.0. The SMILES string of the molecule is CCn1cc([C@H]2OCC[C@@H]2NS(=O)(=O)/C=C/c2ccccc2)cn1. The molecule has 1 fully saturated rings. The minimum absolute atomic E-state index is 0.287. The minimum Gasteiger partial charge on any atom is -0.372 e. The number of sulfonamides is 1. The third-order valence-corrected chi connectivity index (χ3v) is 5.08. The number of hydrogen-bond acceptors (Lipinski definition) is 4. The van der Waals surface area contributed by atoms with Gasteiger partial charge < -0.3 is 4.74 Å². The Hall–Kier alpha value is -1.96. The van der Waals surface area contributed by atoms with Crippen LogP contribution in [-0.2, 0) is 21.3 Å². The molecular weight excluding hydrogens is 326 g/mol. The first-order valence-corrected chi connectivity index (χ1v) is 9.51. The van der Waals surface area contributed by atoms with Gasteiger partial charge in [-0.3, -0.25) is 4.68 Å². The smallest absolute Gasteiger partial charge is 0.234 e. The molecule has 1 aliphatic rings. The molecule has 1 aromatic heterocycles. The second-order valence-corrected chi connectivity index (χ2v) is 7.29. The fraction of sp³-hybridized carbons (Fsp3) is 0.353. The highest BCUT2D eigenvalue weighted by Crippen LogP contribution is 2.29. The summed E-state index contributed by atoms with van der Waals surface area (Å²) in [5.41, 5.74) is 1.74. The van der Waals surface area contributed by atoms with E-state index >= 15 is 0 Å². The van der Waals surface area contributed by atoms with E-state index in [9.17, 15) is 8.42 Å². The van der Waals surface area contributed by atoms with Gasteiger partial charge in [0.2, 0.25) is 10.0 Å². The lowest BCUT2D eigenvalue weighted by atomic mass is 10.1. The second kappa shape index (κ2) is 7.29. The molecule has 0 spiro atoms. The molecule has 1 aliphatic heterocycles. The maximum atomic E-state index is 12.3. The van der Waals surface area contributed by atoms with E-state index in [4.69, 9.17) is 4.74 Å². The van der Waals surface area contributed by atoms with E-state index in [-0.39, 0.29) is 12.1 Å². The maximum Gasteiger partial charge on any atom is 0.234 e. The van der Waals surface area contributed by atoms with E-state index in [1.54, 1.807) is 17.0 Å². The van der Waals surface area contributed by atoms with Gasteiger partial charge in [0.25, 0.3) is 0 Å². The average Bonchev–Trinajstić information content (AvgIpc) is 3.22. The summed E-state index contributed by atoms with van der Waals surface area (Å²) in [6, 6.07) is 9.04. The van der Waals surface area contributed by atoms with Crippen LogP contribution >= 0.6 is 0 Å². The van der Waals surface area contributed by atoms with Crippen LogP contribution in [0.2, 0.25) is 0 Å². The van der Waals surface area contributed by atoms with Crippen LogP contribution in [0.4, 0.5) is 0 Å². The quantitative estimate of drug-likeness (QED) is 0.870. The lowest BCUT2D eigenvalue weighted by Gasteiger charge is -2.17. The first kappa shape index (κ1) is 16.9. The summed E-state index contributed by atoms with van der Waals surface area (Å²) in [5, 5.41) is 5.43. The highest BCUT2D eigenvalue weighted by Gasteiger charge is 2.33. The first-order valence-electron chi connectivity index (χ1n) is 7.97. The number of nitrogens with zero attached hydrogens (tertiary/aromatic N) is 2. The van der Waals surface area contributed by atoms with Crippen LogP contribution in [0.3, 0.4) is 0 Å². The van der Waals surface area contributed by atoms with Crippen molar-refractivity contribution in [2.75, 3.05) is 6.61 Å². The second-order valence-electron chi connectivity index (χ2n) is 5.69.